The second kappa shape index (κ2) is 6.63. The number of rotatable bonds is 3. The normalized spacial score (nSPS) is 28.9. The van der Waals surface area contributed by atoms with Gasteiger partial charge >= 0.3 is 0 Å². The largest absolute Gasteiger partial charge is 0.305 e. The predicted octanol–water partition coefficient (Wildman–Crippen LogP) is 1.69. The van der Waals surface area contributed by atoms with E-state index < -0.39 is 10.8 Å². The Kier molecular flexibility index (Phi) is 6.72. The van der Waals surface area contributed by atoms with E-state index >= 15 is 0 Å². The van der Waals surface area contributed by atoms with Crippen molar-refractivity contribution in [2.45, 2.75) is 26.3 Å². The summed E-state index contributed by atoms with van der Waals surface area (Å²) in [5.74, 6) is 0. The molecule has 1 aliphatic rings. The van der Waals surface area contributed by atoms with Crippen molar-refractivity contribution in [1.29, 1.82) is 0 Å². The molecule has 1 aliphatic heterocycles. The number of hydrogen-bond acceptors (Lipinski definition) is 4. The first-order valence-corrected chi connectivity index (χ1v) is 6.98. The van der Waals surface area contributed by atoms with Crippen molar-refractivity contribution in [2.24, 2.45) is 0 Å². The summed E-state index contributed by atoms with van der Waals surface area (Å²) in [7, 11) is 1.61. The molecule has 0 aromatic rings. The third-order valence-electron chi connectivity index (χ3n) is 2.10. The molecule has 5 heteroatoms. The van der Waals surface area contributed by atoms with Gasteiger partial charge in [0.25, 0.3) is 0 Å². The zero-order valence-corrected chi connectivity index (χ0v) is 10.7. The van der Waals surface area contributed by atoms with Crippen LogP contribution < -0.4 is 4.72 Å². The van der Waals surface area contributed by atoms with Crippen LogP contribution in [-0.2, 0) is 4.18 Å². The summed E-state index contributed by atoms with van der Waals surface area (Å²) >= 11 is 0. The van der Waals surface area contributed by atoms with E-state index in [1.807, 2.05) is 13.8 Å². The van der Waals surface area contributed by atoms with Crippen molar-refractivity contribution in [3.63, 3.8) is 0 Å². The van der Waals surface area contributed by atoms with Gasteiger partial charge in [-0.2, -0.15) is 0 Å². The molecule has 88 valence electrons. The number of hydrogen-bond donors (Lipinski definition) is 2. The number of nitrogens with zero attached hydrogens (tertiary/aromatic N) is 1. The molecule has 0 bridgehead atoms. The van der Waals surface area contributed by atoms with Crippen LogP contribution in [0.15, 0.2) is 0 Å². The van der Waals surface area contributed by atoms with Crippen LogP contribution >= 0.6 is 10.8 Å². The monoisotopic (exact) mass is 224 g/mol. The van der Waals surface area contributed by atoms with Gasteiger partial charge in [0, 0.05) is 18.8 Å². The zero-order valence-electron chi connectivity index (χ0n) is 9.91. The molecule has 0 saturated carbocycles. The molecule has 0 aromatic carbocycles. The minimum absolute atomic E-state index is 0.375. The fourth-order valence-corrected chi connectivity index (χ4v) is 2.30. The topological polar surface area (TPSA) is 44.7 Å². The minimum atomic E-state index is -2.00. The van der Waals surface area contributed by atoms with Crippen LogP contribution in [0.2, 0.25) is 0 Å². The van der Waals surface area contributed by atoms with Gasteiger partial charge < -0.3 is 4.90 Å². The van der Waals surface area contributed by atoms with E-state index in [0.29, 0.717) is 6.04 Å². The van der Waals surface area contributed by atoms with Gasteiger partial charge in [-0.05, 0) is 20.0 Å². The summed E-state index contributed by atoms with van der Waals surface area (Å²) in [6, 6.07) is 0.375. The van der Waals surface area contributed by atoms with Gasteiger partial charge in [-0.15, -0.1) is 10.8 Å². The van der Waals surface area contributed by atoms with Gasteiger partial charge in [-0.1, -0.05) is 13.8 Å². The molecule has 0 aromatic heterocycles. The maximum atomic E-state index is 9.60. The predicted molar refractivity (Wildman–Crippen MR) is 63.5 cm³/mol. The van der Waals surface area contributed by atoms with Gasteiger partial charge in [-0.25, -0.2) is 4.72 Å². The van der Waals surface area contributed by atoms with E-state index in [9.17, 15) is 4.55 Å². The Morgan fingerprint density at radius 3 is 2.43 bits per heavy atom. The summed E-state index contributed by atoms with van der Waals surface area (Å²) in [6.45, 7) is 6.09. The quantitative estimate of drug-likeness (QED) is 0.766. The standard InChI is InChI=1S/C7H18N2O2S.C2H6/c1-9-5-4-7(6-9)8-12(3,10)11-2;1-2/h7-8,10H,4-6H2,1-3H3;1-2H3. The molecule has 0 spiro atoms. The summed E-state index contributed by atoms with van der Waals surface area (Å²) < 4.78 is 17.7. The Balaban J connectivity index is 0.000000791. The first kappa shape index (κ1) is 14.2. The van der Waals surface area contributed by atoms with E-state index in [4.69, 9.17) is 4.18 Å². The molecule has 2 atom stereocenters. The molecule has 0 radical (unpaired) electrons. The zero-order chi connectivity index (χ0) is 11.2. The smallest absolute Gasteiger partial charge is 0.0619 e. The van der Waals surface area contributed by atoms with Crippen molar-refractivity contribution in [3.05, 3.63) is 0 Å². The van der Waals surface area contributed by atoms with E-state index in [1.165, 1.54) is 7.11 Å². The second-order valence-corrected chi connectivity index (χ2v) is 5.51. The Hall–Kier alpha value is 0.190. The van der Waals surface area contributed by atoms with Gasteiger partial charge in [0.1, 0.15) is 0 Å². The van der Waals surface area contributed by atoms with Crippen LogP contribution in [0.3, 0.4) is 0 Å². The first-order chi connectivity index (χ1) is 6.53. The van der Waals surface area contributed by atoms with Crippen molar-refractivity contribution in [1.82, 2.24) is 9.62 Å². The lowest BCUT2D eigenvalue weighted by atomic mass is 10.3. The molecule has 4 nitrogen and oxygen atoms in total. The average Bonchev–Trinajstić information content (AvgIpc) is 2.54. The van der Waals surface area contributed by atoms with Crippen molar-refractivity contribution >= 4 is 10.8 Å². The highest BCUT2D eigenvalue weighted by Crippen LogP contribution is 2.35. The number of likely N-dealkylation sites (tertiary alicyclic amines) is 1. The van der Waals surface area contributed by atoms with Crippen molar-refractivity contribution in [2.75, 3.05) is 33.5 Å². The van der Waals surface area contributed by atoms with Crippen LogP contribution in [0.25, 0.3) is 0 Å². The lowest BCUT2D eigenvalue weighted by Gasteiger charge is -2.35. The number of nitrogens with one attached hydrogen (secondary N) is 1. The summed E-state index contributed by atoms with van der Waals surface area (Å²) in [5.41, 5.74) is 0. The lowest BCUT2D eigenvalue weighted by molar-refractivity contribution is 0.373. The molecule has 1 saturated heterocycles. The second-order valence-electron chi connectivity index (χ2n) is 3.33. The van der Waals surface area contributed by atoms with Crippen molar-refractivity contribution < 1.29 is 8.74 Å². The summed E-state index contributed by atoms with van der Waals surface area (Å²) in [5, 5.41) is 0. The highest BCUT2D eigenvalue weighted by molar-refractivity contribution is 8.22. The van der Waals surface area contributed by atoms with Crippen LogP contribution in [0.5, 0.6) is 0 Å². The molecule has 14 heavy (non-hydrogen) atoms. The maximum Gasteiger partial charge on any atom is 0.0619 e. The van der Waals surface area contributed by atoms with E-state index in [1.54, 1.807) is 6.26 Å². The summed E-state index contributed by atoms with van der Waals surface area (Å²) in [4.78, 5) is 2.24. The Labute approximate surface area is 89.5 Å². The van der Waals surface area contributed by atoms with Gasteiger partial charge in [0.05, 0.1) is 7.11 Å². The van der Waals surface area contributed by atoms with Gasteiger partial charge in [-0.3, -0.25) is 8.74 Å². The first-order valence-electron chi connectivity index (χ1n) is 5.05. The number of likely N-dealkylation sites (N-methyl/N-ethyl adjacent to an activating group) is 1. The van der Waals surface area contributed by atoms with Crippen LogP contribution in [-0.4, -0.2) is 49.0 Å². The average molecular weight is 224 g/mol. The maximum absolute atomic E-state index is 9.60. The van der Waals surface area contributed by atoms with E-state index in [-0.39, 0.29) is 0 Å². The molecule has 2 unspecified atom stereocenters. The minimum Gasteiger partial charge on any atom is -0.305 e. The van der Waals surface area contributed by atoms with E-state index in [2.05, 4.69) is 16.7 Å². The molecule has 2 N–H and O–H groups in total. The van der Waals surface area contributed by atoms with Crippen LogP contribution in [0.4, 0.5) is 0 Å². The molecule has 1 fully saturated rings. The summed E-state index contributed by atoms with van der Waals surface area (Å²) in [6.07, 6.45) is 2.79. The van der Waals surface area contributed by atoms with E-state index in [0.717, 1.165) is 19.5 Å². The van der Waals surface area contributed by atoms with Gasteiger partial charge in [0.2, 0.25) is 0 Å². The molecule has 0 amide bonds. The van der Waals surface area contributed by atoms with Crippen LogP contribution in [0, 0.1) is 0 Å². The highest BCUT2D eigenvalue weighted by atomic mass is 32.3. The molecular weight excluding hydrogens is 200 g/mol. The molecule has 1 rings (SSSR count). The molecule has 1 heterocycles. The fraction of sp³-hybridized carbons (Fsp3) is 1.00. The Bertz CT molecular complexity index is 156. The molecule has 0 aliphatic carbocycles. The Morgan fingerprint density at radius 2 is 2.07 bits per heavy atom. The lowest BCUT2D eigenvalue weighted by Crippen LogP contribution is -2.34. The third-order valence-corrected chi connectivity index (χ3v) is 3.52. The fourth-order valence-electron chi connectivity index (χ4n) is 1.39. The third kappa shape index (κ3) is 5.17. The van der Waals surface area contributed by atoms with Gasteiger partial charge in [0.15, 0.2) is 0 Å². The SMILES string of the molecule is CC.COS(C)(O)NC1CCN(C)C1. The Morgan fingerprint density at radius 1 is 1.50 bits per heavy atom. The van der Waals surface area contributed by atoms with Crippen LogP contribution in [0.1, 0.15) is 20.3 Å². The molecular formula is C9H24N2O2S. The van der Waals surface area contributed by atoms with Crippen molar-refractivity contribution in [3.8, 4) is 0 Å². The highest BCUT2D eigenvalue weighted by Gasteiger charge is 2.22.